The Labute approximate surface area is 175 Å². The maximum Gasteiger partial charge on any atom is 0.158 e. The summed E-state index contributed by atoms with van der Waals surface area (Å²) in [5.41, 5.74) is 4.91. The molecule has 0 atom stereocenters. The van der Waals surface area contributed by atoms with E-state index >= 15 is 0 Å². The molecule has 0 aromatic carbocycles. The maximum absolute atomic E-state index is 4.76. The molecule has 1 aliphatic heterocycles. The second-order valence-corrected chi connectivity index (χ2v) is 7.99. The standard InChI is InChI=1S/C22H24N8/c1-14(2)15-10-21(27-24-12-15)26-20-6-5-18-19(25-20)9-16(11-23-18)17-13-29(3)28-22(17)30-7-4-8-30/h5-6,9-14H,4,7-8H2,1-3H3,(H,25,26,27). The van der Waals surface area contributed by atoms with Crippen LogP contribution in [-0.2, 0) is 7.05 Å². The SMILES string of the molecule is CC(C)c1cnnc(Nc2ccc3ncc(-c4cn(C)nc4N4CCC4)cc3n2)c1. The van der Waals surface area contributed by atoms with Crippen LogP contribution >= 0.6 is 0 Å². The molecule has 0 saturated carbocycles. The summed E-state index contributed by atoms with van der Waals surface area (Å²) in [7, 11) is 1.95. The lowest BCUT2D eigenvalue weighted by Gasteiger charge is -2.31. The minimum Gasteiger partial charge on any atom is -0.354 e. The number of hydrogen-bond acceptors (Lipinski definition) is 7. The van der Waals surface area contributed by atoms with E-state index in [-0.39, 0.29) is 0 Å². The van der Waals surface area contributed by atoms with Crippen molar-refractivity contribution in [2.45, 2.75) is 26.2 Å². The first-order valence-electron chi connectivity index (χ1n) is 10.2. The van der Waals surface area contributed by atoms with E-state index in [2.05, 4.69) is 50.4 Å². The zero-order chi connectivity index (χ0) is 20.7. The molecule has 1 N–H and O–H groups in total. The lowest BCUT2D eigenvalue weighted by Crippen LogP contribution is -2.37. The van der Waals surface area contributed by atoms with E-state index in [4.69, 9.17) is 4.98 Å². The van der Waals surface area contributed by atoms with Crippen LogP contribution in [0.15, 0.2) is 42.9 Å². The Morgan fingerprint density at radius 2 is 1.90 bits per heavy atom. The lowest BCUT2D eigenvalue weighted by molar-refractivity contribution is 0.602. The van der Waals surface area contributed by atoms with Crippen LogP contribution in [0.1, 0.15) is 31.7 Å². The van der Waals surface area contributed by atoms with E-state index in [0.717, 1.165) is 46.6 Å². The van der Waals surface area contributed by atoms with Crippen LogP contribution in [-0.4, -0.2) is 43.0 Å². The summed E-state index contributed by atoms with van der Waals surface area (Å²) in [6.07, 6.45) is 6.95. The Morgan fingerprint density at radius 1 is 1.03 bits per heavy atom. The van der Waals surface area contributed by atoms with Crippen LogP contribution in [0.5, 0.6) is 0 Å². The third kappa shape index (κ3) is 3.45. The summed E-state index contributed by atoms with van der Waals surface area (Å²) < 4.78 is 1.86. The van der Waals surface area contributed by atoms with Gasteiger partial charge < -0.3 is 10.2 Å². The van der Waals surface area contributed by atoms with Crippen molar-refractivity contribution < 1.29 is 0 Å². The first-order valence-corrected chi connectivity index (χ1v) is 10.2. The number of aryl methyl sites for hydroxylation is 1. The Kier molecular flexibility index (Phi) is 4.54. The number of aromatic nitrogens is 6. The monoisotopic (exact) mass is 400 g/mol. The highest BCUT2D eigenvalue weighted by molar-refractivity contribution is 5.85. The van der Waals surface area contributed by atoms with Crippen molar-refractivity contribution in [1.82, 2.24) is 29.9 Å². The van der Waals surface area contributed by atoms with E-state index in [0.29, 0.717) is 17.6 Å². The van der Waals surface area contributed by atoms with Gasteiger partial charge in [0, 0.05) is 43.7 Å². The number of anilines is 3. The Balaban J connectivity index is 1.49. The first kappa shape index (κ1) is 18.5. The number of nitrogens with zero attached hydrogens (tertiary/aromatic N) is 7. The van der Waals surface area contributed by atoms with Gasteiger partial charge in [0.15, 0.2) is 11.6 Å². The fraction of sp³-hybridized carbons (Fsp3) is 0.318. The van der Waals surface area contributed by atoms with Crippen molar-refractivity contribution in [1.29, 1.82) is 0 Å². The second kappa shape index (κ2) is 7.37. The molecule has 4 aromatic heterocycles. The molecule has 8 nitrogen and oxygen atoms in total. The number of nitrogens with one attached hydrogen (secondary N) is 1. The van der Waals surface area contributed by atoms with Crippen molar-refractivity contribution in [3.05, 3.63) is 48.4 Å². The van der Waals surface area contributed by atoms with Crippen molar-refractivity contribution in [3.8, 4) is 11.1 Å². The van der Waals surface area contributed by atoms with Gasteiger partial charge in [-0.25, -0.2) is 4.98 Å². The smallest absolute Gasteiger partial charge is 0.158 e. The largest absolute Gasteiger partial charge is 0.354 e. The Bertz CT molecular complexity index is 1210. The van der Waals surface area contributed by atoms with E-state index in [1.54, 1.807) is 6.20 Å². The van der Waals surface area contributed by atoms with E-state index in [9.17, 15) is 0 Å². The number of hydrogen-bond donors (Lipinski definition) is 1. The summed E-state index contributed by atoms with van der Waals surface area (Å²) in [4.78, 5) is 11.7. The molecule has 0 aliphatic carbocycles. The average Bonchev–Trinajstić information content (AvgIpc) is 3.07. The lowest BCUT2D eigenvalue weighted by atomic mass is 10.1. The van der Waals surface area contributed by atoms with E-state index < -0.39 is 0 Å². The molecular formula is C22H24N8. The van der Waals surface area contributed by atoms with Crippen LogP contribution in [0.3, 0.4) is 0 Å². The predicted molar refractivity (Wildman–Crippen MR) is 118 cm³/mol. The molecule has 0 amide bonds. The quantitative estimate of drug-likeness (QED) is 0.544. The molecule has 152 valence electrons. The van der Waals surface area contributed by atoms with Crippen molar-refractivity contribution >= 4 is 28.5 Å². The molecule has 4 aromatic rings. The fourth-order valence-electron chi connectivity index (χ4n) is 3.56. The zero-order valence-electron chi connectivity index (χ0n) is 17.4. The number of fused-ring (bicyclic) bond motifs is 1. The summed E-state index contributed by atoms with van der Waals surface area (Å²) in [6.45, 7) is 6.37. The van der Waals surface area contributed by atoms with E-state index in [1.807, 2.05) is 42.3 Å². The molecule has 5 rings (SSSR count). The molecule has 0 radical (unpaired) electrons. The number of pyridine rings is 2. The van der Waals surface area contributed by atoms with Gasteiger partial charge in [-0.3, -0.25) is 9.67 Å². The highest BCUT2D eigenvalue weighted by atomic mass is 15.4. The van der Waals surface area contributed by atoms with E-state index in [1.165, 1.54) is 6.42 Å². The van der Waals surface area contributed by atoms with Crippen molar-refractivity contribution in [3.63, 3.8) is 0 Å². The molecule has 8 heteroatoms. The Hall–Kier alpha value is -3.55. The maximum atomic E-state index is 4.76. The molecule has 0 unspecified atom stereocenters. The van der Waals surface area contributed by atoms with Crippen molar-refractivity contribution in [2.24, 2.45) is 7.05 Å². The predicted octanol–water partition coefficient (Wildman–Crippen LogP) is 3.90. The second-order valence-electron chi connectivity index (χ2n) is 7.99. The fourth-order valence-corrected chi connectivity index (χ4v) is 3.56. The van der Waals surface area contributed by atoms with Crippen LogP contribution < -0.4 is 10.2 Å². The molecule has 30 heavy (non-hydrogen) atoms. The molecule has 0 bridgehead atoms. The molecule has 1 fully saturated rings. The highest BCUT2D eigenvalue weighted by Gasteiger charge is 2.22. The van der Waals surface area contributed by atoms with Crippen LogP contribution in [0.2, 0.25) is 0 Å². The normalized spacial score (nSPS) is 13.7. The topological polar surface area (TPSA) is 84.7 Å². The first-order chi connectivity index (χ1) is 14.6. The highest BCUT2D eigenvalue weighted by Crippen LogP contribution is 2.33. The molecular weight excluding hydrogens is 376 g/mol. The minimum atomic E-state index is 0.387. The van der Waals surface area contributed by atoms with Crippen molar-refractivity contribution in [2.75, 3.05) is 23.3 Å². The van der Waals surface area contributed by atoms with Gasteiger partial charge in [0.2, 0.25) is 0 Å². The minimum absolute atomic E-state index is 0.387. The van der Waals surface area contributed by atoms with Crippen LogP contribution in [0.4, 0.5) is 17.5 Å². The summed E-state index contributed by atoms with van der Waals surface area (Å²) >= 11 is 0. The summed E-state index contributed by atoms with van der Waals surface area (Å²) in [5, 5.41) is 16.2. The van der Waals surface area contributed by atoms with Crippen LogP contribution in [0, 0.1) is 0 Å². The molecule has 1 aliphatic rings. The third-order valence-electron chi connectivity index (χ3n) is 5.41. The molecule has 0 spiro atoms. The van der Waals surface area contributed by atoms with Gasteiger partial charge in [0.25, 0.3) is 0 Å². The Morgan fingerprint density at radius 3 is 2.67 bits per heavy atom. The summed E-state index contributed by atoms with van der Waals surface area (Å²) in [5.74, 6) is 2.80. The van der Waals surface area contributed by atoms with Gasteiger partial charge in [-0.1, -0.05) is 13.8 Å². The summed E-state index contributed by atoms with van der Waals surface area (Å²) in [6, 6.07) is 7.96. The average molecular weight is 400 g/mol. The van der Waals surface area contributed by atoms with Gasteiger partial charge in [-0.15, -0.1) is 5.10 Å². The number of rotatable bonds is 5. The van der Waals surface area contributed by atoms with Gasteiger partial charge in [-0.2, -0.15) is 10.2 Å². The van der Waals surface area contributed by atoms with Gasteiger partial charge in [0.05, 0.1) is 17.2 Å². The van der Waals surface area contributed by atoms with Gasteiger partial charge in [-0.05, 0) is 42.2 Å². The molecule has 1 saturated heterocycles. The van der Waals surface area contributed by atoms with Crippen LogP contribution in [0.25, 0.3) is 22.2 Å². The van der Waals surface area contributed by atoms with Gasteiger partial charge >= 0.3 is 0 Å². The van der Waals surface area contributed by atoms with Gasteiger partial charge in [0.1, 0.15) is 5.82 Å². The molecule has 5 heterocycles. The zero-order valence-corrected chi connectivity index (χ0v) is 17.4. The third-order valence-corrected chi connectivity index (χ3v) is 5.41.